The Hall–Kier alpha value is -5.21. The Bertz CT molecular complexity index is 1270. The van der Waals surface area contributed by atoms with Crippen LogP contribution in [0.1, 0.15) is 28.7 Å². The van der Waals surface area contributed by atoms with Crippen LogP contribution in [0.15, 0.2) is 48.0 Å². The third-order valence-electron chi connectivity index (χ3n) is 3.97. The van der Waals surface area contributed by atoms with Crippen molar-refractivity contribution < 1.29 is 23.2 Å². The summed E-state index contributed by atoms with van der Waals surface area (Å²) in [6.07, 6.45) is 0.588. The molecule has 2 aromatic carbocycles. The number of carbonyl (C=O) groups is 1. The molecule has 0 bridgehead atoms. The molecule has 2 rings (SSSR count). The molecule has 0 aliphatic rings. The largest absolute Gasteiger partial charge is 0.522 e. The molecule has 0 aromatic heterocycles. The summed E-state index contributed by atoms with van der Waals surface area (Å²) in [4.78, 5) is 34.6. The maximum atomic E-state index is 12.9. The van der Waals surface area contributed by atoms with Crippen LogP contribution >= 0.6 is 0 Å². The number of hydrogen-bond donors (Lipinski definition) is 0. The number of benzene rings is 2. The molecule has 0 fully saturated rings. The van der Waals surface area contributed by atoms with E-state index in [1.165, 1.54) is 48.3 Å². The zero-order chi connectivity index (χ0) is 23.5. The molecule has 0 unspecified atom stereocenters. The SMILES string of the molecule is N#Cc1ccc(O[SiH](Oc2ccc(C#N)c(C#N)c2)C(=O)C(=C=O)CC=C=O)cc1C#N. The highest BCUT2D eigenvalue weighted by Gasteiger charge is 2.32. The molecule has 0 aliphatic heterocycles. The van der Waals surface area contributed by atoms with Crippen molar-refractivity contribution in [3.63, 3.8) is 0 Å². The summed E-state index contributed by atoms with van der Waals surface area (Å²) in [5.41, 5.74) is -0.203. The first-order chi connectivity index (χ1) is 15.5. The Balaban J connectivity index is 2.47. The van der Waals surface area contributed by atoms with E-state index in [4.69, 9.17) is 19.4 Å². The standard InChI is InChI=1S/C22H10N4O5Si/c23-10-15-3-5-20(8-18(15)12-25)30-32(22(29)17(14-28)2-1-7-27)31-21-6-4-16(11-24)19(9-21)13-26/h1,3-6,8-9,32H,2H2. The average Bonchev–Trinajstić information content (AvgIpc) is 2.83. The fourth-order valence-electron chi connectivity index (χ4n) is 2.43. The van der Waals surface area contributed by atoms with Crippen LogP contribution in [0.3, 0.4) is 0 Å². The minimum absolute atomic E-state index is 0.00498. The highest BCUT2D eigenvalue weighted by molar-refractivity contribution is 6.85. The lowest BCUT2D eigenvalue weighted by atomic mass is 10.1. The van der Waals surface area contributed by atoms with E-state index in [1.54, 1.807) is 0 Å². The van der Waals surface area contributed by atoms with E-state index in [-0.39, 0.29) is 40.2 Å². The Labute approximate surface area is 183 Å². The summed E-state index contributed by atoms with van der Waals surface area (Å²) >= 11 is 0. The highest BCUT2D eigenvalue weighted by atomic mass is 28.3. The van der Waals surface area contributed by atoms with Gasteiger partial charge in [-0.05, 0) is 36.4 Å². The van der Waals surface area contributed by atoms with Crippen molar-refractivity contribution in [1.82, 2.24) is 0 Å². The zero-order valence-electron chi connectivity index (χ0n) is 16.2. The quantitative estimate of drug-likeness (QED) is 0.337. The Morgan fingerprint density at radius 1 is 0.812 bits per heavy atom. The molecular weight excluding hydrogens is 428 g/mol. The van der Waals surface area contributed by atoms with Gasteiger partial charge in [-0.15, -0.1) is 0 Å². The van der Waals surface area contributed by atoms with E-state index < -0.39 is 20.3 Å². The summed E-state index contributed by atoms with van der Waals surface area (Å²) in [5.74, 6) is 2.99. The summed E-state index contributed by atoms with van der Waals surface area (Å²) in [6, 6.07) is 15.2. The summed E-state index contributed by atoms with van der Waals surface area (Å²) < 4.78 is 11.3. The van der Waals surface area contributed by atoms with Crippen molar-refractivity contribution in [2.24, 2.45) is 0 Å². The van der Waals surface area contributed by atoms with Crippen molar-refractivity contribution in [1.29, 1.82) is 21.0 Å². The van der Waals surface area contributed by atoms with Gasteiger partial charge in [0.25, 0.3) is 0 Å². The average molecular weight is 438 g/mol. The van der Waals surface area contributed by atoms with Crippen molar-refractivity contribution in [2.75, 3.05) is 0 Å². The Morgan fingerprint density at radius 3 is 1.66 bits per heavy atom. The van der Waals surface area contributed by atoms with Gasteiger partial charge in [-0.2, -0.15) is 21.0 Å². The Morgan fingerprint density at radius 2 is 1.28 bits per heavy atom. The van der Waals surface area contributed by atoms with Gasteiger partial charge in [0.1, 0.15) is 47.7 Å². The number of allylic oxidation sites excluding steroid dienone is 2. The second-order valence-corrected chi connectivity index (χ2v) is 7.56. The topological polar surface area (TPSA) is 165 Å². The molecule has 0 aliphatic carbocycles. The van der Waals surface area contributed by atoms with Crippen molar-refractivity contribution in [3.05, 3.63) is 70.3 Å². The normalized spacial score (nSPS) is 9.03. The molecule has 32 heavy (non-hydrogen) atoms. The number of rotatable bonds is 8. The molecule has 2 aromatic rings. The van der Waals surface area contributed by atoms with Crippen molar-refractivity contribution in [3.8, 4) is 35.8 Å². The molecule has 10 heteroatoms. The molecule has 0 spiro atoms. The molecule has 0 atom stereocenters. The van der Waals surface area contributed by atoms with Gasteiger partial charge < -0.3 is 8.85 Å². The first-order valence-electron chi connectivity index (χ1n) is 8.70. The molecule has 0 N–H and O–H groups in total. The van der Waals surface area contributed by atoms with Crippen LogP contribution < -0.4 is 8.85 Å². The lowest BCUT2D eigenvalue weighted by Gasteiger charge is -2.18. The number of nitriles is 4. The Kier molecular flexibility index (Phi) is 8.00. The predicted molar refractivity (Wildman–Crippen MR) is 109 cm³/mol. The second kappa shape index (κ2) is 11.1. The van der Waals surface area contributed by atoms with Gasteiger partial charge in [0.15, 0.2) is 0 Å². The van der Waals surface area contributed by atoms with E-state index in [0.717, 1.165) is 6.08 Å². The zero-order valence-corrected chi connectivity index (χ0v) is 17.3. The van der Waals surface area contributed by atoms with Crippen LogP contribution in [0.5, 0.6) is 11.5 Å². The molecule has 0 radical (unpaired) electrons. The molecule has 9 nitrogen and oxygen atoms in total. The summed E-state index contributed by atoms with van der Waals surface area (Å²) in [7, 11) is -3.48. The number of carbonyl (C=O) groups excluding carboxylic acids is 3. The van der Waals surface area contributed by atoms with Crippen LogP contribution in [-0.4, -0.2) is 26.6 Å². The van der Waals surface area contributed by atoms with E-state index in [0.29, 0.717) is 0 Å². The van der Waals surface area contributed by atoms with Crippen molar-refractivity contribution >= 4 is 26.6 Å². The van der Waals surface area contributed by atoms with Gasteiger partial charge >= 0.3 is 9.28 Å². The van der Waals surface area contributed by atoms with Gasteiger partial charge in [0, 0.05) is 12.5 Å². The van der Waals surface area contributed by atoms with Crippen LogP contribution in [0.4, 0.5) is 0 Å². The van der Waals surface area contributed by atoms with E-state index in [2.05, 4.69) is 0 Å². The first-order valence-corrected chi connectivity index (χ1v) is 10.2. The number of hydrogen-bond acceptors (Lipinski definition) is 9. The van der Waals surface area contributed by atoms with Crippen LogP contribution in [-0.2, 0) is 14.4 Å². The number of nitrogens with zero attached hydrogens (tertiary/aromatic N) is 4. The lowest BCUT2D eigenvalue weighted by Crippen LogP contribution is -2.40. The first kappa shape index (κ1) is 23.1. The maximum Gasteiger partial charge on any atom is 0.522 e. The third kappa shape index (κ3) is 5.44. The summed E-state index contributed by atoms with van der Waals surface area (Å²) in [6.45, 7) is 0. The minimum Gasteiger partial charge on any atom is -0.509 e. The van der Waals surface area contributed by atoms with Crippen LogP contribution in [0, 0.1) is 45.3 Å². The molecule has 0 saturated carbocycles. The van der Waals surface area contributed by atoms with Gasteiger partial charge in [-0.25, -0.2) is 9.59 Å². The third-order valence-corrected chi connectivity index (χ3v) is 5.72. The molecule has 0 saturated heterocycles. The van der Waals surface area contributed by atoms with Gasteiger partial charge in [0.2, 0.25) is 5.41 Å². The van der Waals surface area contributed by atoms with Crippen molar-refractivity contribution in [2.45, 2.75) is 6.42 Å². The molecular formula is C22H10N4O5Si. The van der Waals surface area contributed by atoms with Crippen LogP contribution in [0.25, 0.3) is 0 Å². The molecule has 0 amide bonds. The van der Waals surface area contributed by atoms with E-state index in [1.807, 2.05) is 24.3 Å². The summed E-state index contributed by atoms with van der Waals surface area (Å²) in [5, 5.41) is 35.6. The molecule has 0 heterocycles. The highest BCUT2D eigenvalue weighted by Crippen LogP contribution is 2.22. The maximum absolute atomic E-state index is 12.9. The second-order valence-electron chi connectivity index (χ2n) is 5.90. The molecule has 152 valence electrons. The van der Waals surface area contributed by atoms with Gasteiger partial charge in [0.05, 0.1) is 27.8 Å². The monoisotopic (exact) mass is 438 g/mol. The fraction of sp³-hybridized carbons (Fsp3) is 0.0455. The van der Waals surface area contributed by atoms with E-state index in [9.17, 15) is 24.9 Å². The van der Waals surface area contributed by atoms with E-state index >= 15 is 0 Å². The van der Waals surface area contributed by atoms with Gasteiger partial charge in [-0.1, -0.05) is 0 Å². The minimum atomic E-state index is -3.48. The smallest absolute Gasteiger partial charge is 0.509 e. The van der Waals surface area contributed by atoms with Gasteiger partial charge in [-0.3, -0.25) is 4.79 Å². The predicted octanol–water partition coefficient (Wildman–Crippen LogP) is 1.50. The lowest BCUT2D eigenvalue weighted by molar-refractivity contribution is -0.110. The fourth-order valence-corrected chi connectivity index (χ4v) is 3.94. The van der Waals surface area contributed by atoms with Crippen LogP contribution in [0.2, 0.25) is 0 Å².